The topological polar surface area (TPSA) is 41.6 Å². The number of hydrogen-bond acceptors (Lipinski definition) is 4. The van der Waals surface area contributed by atoms with Crippen molar-refractivity contribution in [3.05, 3.63) is 0 Å². The summed E-state index contributed by atoms with van der Waals surface area (Å²) in [5, 5.41) is 3.23. The molecule has 4 heteroatoms. The Morgan fingerprint density at radius 1 is 1.29 bits per heavy atom. The zero-order chi connectivity index (χ0) is 13.3. The second-order valence-corrected chi connectivity index (χ2v) is 4.48. The molecule has 0 saturated heterocycles. The van der Waals surface area contributed by atoms with Crippen LogP contribution in [0.5, 0.6) is 0 Å². The van der Waals surface area contributed by atoms with E-state index in [1.807, 2.05) is 13.8 Å². The van der Waals surface area contributed by atoms with Crippen molar-refractivity contribution in [2.45, 2.75) is 46.1 Å². The number of rotatable bonds is 9. The largest absolute Gasteiger partial charge is 0.468 e. The van der Waals surface area contributed by atoms with Crippen molar-refractivity contribution < 1.29 is 9.53 Å². The van der Waals surface area contributed by atoms with E-state index in [1.54, 1.807) is 0 Å². The standard InChI is InChI=1S/C13H28N2O2/c1-6-14-13(4,12(16)17-5)10-9-11-15(7-2)8-3/h14H,6-11H2,1-5H3. The van der Waals surface area contributed by atoms with Crippen LogP contribution < -0.4 is 5.32 Å². The minimum atomic E-state index is -0.545. The summed E-state index contributed by atoms with van der Waals surface area (Å²) in [7, 11) is 1.45. The average Bonchev–Trinajstić information content (AvgIpc) is 2.34. The third-order valence-corrected chi connectivity index (χ3v) is 3.25. The second-order valence-electron chi connectivity index (χ2n) is 4.48. The van der Waals surface area contributed by atoms with E-state index in [0.717, 1.165) is 39.0 Å². The first-order valence-corrected chi connectivity index (χ1v) is 6.59. The van der Waals surface area contributed by atoms with Gasteiger partial charge in [0, 0.05) is 0 Å². The number of ether oxygens (including phenoxy) is 1. The summed E-state index contributed by atoms with van der Waals surface area (Å²) >= 11 is 0. The first-order chi connectivity index (χ1) is 8.03. The summed E-state index contributed by atoms with van der Waals surface area (Å²) < 4.78 is 4.86. The van der Waals surface area contributed by atoms with Crippen LogP contribution in [0.25, 0.3) is 0 Å². The third kappa shape index (κ3) is 5.50. The molecule has 17 heavy (non-hydrogen) atoms. The van der Waals surface area contributed by atoms with E-state index in [2.05, 4.69) is 24.1 Å². The van der Waals surface area contributed by atoms with Crippen LogP contribution in [-0.4, -0.2) is 49.7 Å². The van der Waals surface area contributed by atoms with Gasteiger partial charge in [0.05, 0.1) is 7.11 Å². The van der Waals surface area contributed by atoms with Crippen molar-refractivity contribution in [3.8, 4) is 0 Å². The normalized spacial score (nSPS) is 14.7. The number of methoxy groups -OCH3 is 1. The van der Waals surface area contributed by atoms with Gasteiger partial charge < -0.3 is 15.0 Å². The molecule has 0 spiro atoms. The zero-order valence-electron chi connectivity index (χ0n) is 12.0. The Balaban J connectivity index is 4.22. The molecule has 0 rings (SSSR count). The maximum atomic E-state index is 11.7. The Bertz CT molecular complexity index is 217. The number of likely N-dealkylation sites (N-methyl/N-ethyl adjacent to an activating group) is 1. The van der Waals surface area contributed by atoms with Crippen LogP contribution in [0.15, 0.2) is 0 Å². The number of esters is 1. The van der Waals surface area contributed by atoms with Crippen LogP contribution in [0, 0.1) is 0 Å². The predicted molar refractivity (Wildman–Crippen MR) is 71.1 cm³/mol. The van der Waals surface area contributed by atoms with Gasteiger partial charge in [-0.15, -0.1) is 0 Å². The molecule has 0 radical (unpaired) electrons. The number of nitrogens with one attached hydrogen (secondary N) is 1. The maximum absolute atomic E-state index is 11.7. The third-order valence-electron chi connectivity index (χ3n) is 3.25. The van der Waals surface area contributed by atoms with Gasteiger partial charge in [-0.3, -0.25) is 4.79 Å². The molecular weight excluding hydrogens is 216 g/mol. The minimum absolute atomic E-state index is 0.168. The average molecular weight is 244 g/mol. The highest BCUT2D eigenvalue weighted by Gasteiger charge is 2.32. The molecule has 102 valence electrons. The minimum Gasteiger partial charge on any atom is -0.468 e. The highest BCUT2D eigenvalue weighted by Crippen LogP contribution is 2.14. The Hall–Kier alpha value is -0.610. The molecular formula is C13H28N2O2. The van der Waals surface area contributed by atoms with Crippen molar-refractivity contribution in [1.29, 1.82) is 0 Å². The van der Waals surface area contributed by atoms with E-state index >= 15 is 0 Å². The van der Waals surface area contributed by atoms with Crippen molar-refractivity contribution in [1.82, 2.24) is 10.2 Å². The summed E-state index contributed by atoms with van der Waals surface area (Å²) in [5.74, 6) is -0.168. The first-order valence-electron chi connectivity index (χ1n) is 6.59. The molecule has 0 heterocycles. The molecule has 0 aliphatic heterocycles. The predicted octanol–water partition coefficient (Wildman–Crippen LogP) is 1.65. The lowest BCUT2D eigenvalue weighted by Crippen LogP contribution is -2.50. The summed E-state index contributed by atoms with van der Waals surface area (Å²) in [4.78, 5) is 14.1. The van der Waals surface area contributed by atoms with Crippen molar-refractivity contribution in [2.24, 2.45) is 0 Å². The fourth-order valence-corrected chi connectivity index (χ4v) is 2.07. The molecule has 1 N–H and O–H groups in total. The van der Waals surface area contributed by atoms with Crippen LogP contribution in [0.2, 0.25) is 0 Å². The first kappa shape index (κ1) is 16.4. The van der Waals surface area contributed by atoms with E-state index in [0.29, 0.717) is 0 Å². The van der Waals surface area contributed by atoms with E-state index < -0.39 is 5.54 Å². The lowest BCUT2D eigenvalue weighted by atomic mass is 9.95. The molecule has 0 bridgehead atoms. The maximum Gasteiger partial charge on any atom is 0.325 e. The van der Waals surface area contributed by atoms with Gasteiger partial charge >= 0.3 is 5.97 Å². The molecule has 1 unspecified atom stereocenters. The summed E-state index contributed by atoms with van der Waals surface area (Å²) in [6, 6.07) is 0. The Kier molecular flexibility index (Phi) is 8.17. The highest BCUT2D eigenvalue weighted by molar-refractivity contribution is 5.80. The van der Waals surface area contributed by atoms with Crippen LogP contribution in [0.1, 0.15) is 40.5 Å². The monoisotopic (exact) mass is 244 g/mol. The molecule has 0 saturated carbocycles. The summed E-state index contributed by atoms with van der Waals surface area (Å²) in [5.41, 5.74) is -0.545. The van der Waals surface area contributed by atoms with Gasteiger partial charge in [0.25, 0.3) is 0 Å². The van der Waals surface area contributed by atoms with Gasteiger partial charge in [-0.25, -0.2) is 0 Å². The van der Waals surface area contributed by atoms with Crippen molar-refractivity contribution in [3.63, 3.8) is 0 Å². The fourth-order valence-electron chi connectivity index (χ4n) is 2.07. The van der Waals surface area contributed by atoms with Crippen molar-refractivity contribution >= 4 is 5.97 Å². The molecule has 0 aliphatic carbocycles. The van der Waals surface area contributed by atoms with E-state index in [-0.39, 0.29) is 5.97 Å². The highest BCUT2D eigenvalue weighted by atomic mass is 16.5. The van der Waals surface area contributed by atoms with Crippen LogP contribution in [-0.2, 0) is 9.53 Å². The fraction of sp³-hybridized carbons (Fsp3) is 0.923. The molecule has 1 atom stereocenters. The van der Waals surface area contributed by atoms with Crippen LogP contribution in [0.4, 0.5) is 0 Å². The lowest BCUT2D eigenvalue weighted by Gasteiger charge is -2.28. The molecule has 0 amide bonds. The van der Waals surface area contributed by atoms with Gasteiger partial charge in [0.1, 0.15) is 5.54 Å². The van der Waals surface area contributed by atoms with E-state index in [9.17, 15) is 4.79 Å². The molecule has 0 aromatic heterocycles. The summed E-state index contributed by atoms with van der Waals surface area (Å²) in [6.45, 7) is 12.2. The number of hydrogen-bond donors (Lipinski definition) is 1. The number of carbonyl (C=O) groups is 1. The Morgan fingerprint density at radius 2 is 1.88 bits per heavy atom. The number of nitrogens with zero attached hydrogens (tertiary/aromatic N) is 1. The zero-order valence-corrected chi connectivity index (χ0v) is 12.0. The second kappa shape index (κ2) is 8.48. The summed E-state index contributed by atoms with van der Waals surface area (Å²) in [6.07, 6.45) is 1.81. The van der Waals surface area contributed by atoms with Gasteiger partial charge in [0.15, 0.2) is 0 Å². The Labute approximate surface area is 106 Å². The smallest absolute Gasteiger partial charge is 0.325 e. The SMILES string of the molecule is CCNC(C)(CCCN(CC)CC)C(=O)OC. The lowest BCUT2D eigenvalue weighted by molar-refractivity contribution is -0.148. The molecule has 0 aliphatic rings. The van der Waals surface area contributed by atoms with Crippen LogP contribution >= 0.6 is 0 Å². The van der Waals surface area contributed by atoms with E-state index in [4.69, 9.17) is 4.74 Å². The Morgan fingerprint density at radius 3 is 2.29 bits per heavy atom. The quantitative estimate of drug-likeness (QED) is 0.626. The molecule has 0 aromatic rings. The van der Waals surface area contributed by atoms with Gasteiger partial charge in [-0.05, 0) is 45.9 Å². The molecule has 0 aromatic carbocycles. The molecule has 4 nitrogen and oxygen atoms in total. The van der Waals surface area contributed by atoms with Crippen LogP contribution in [0.3, 0.4) is 0 Å². The molecule has 0 fully saturated rings. The number of carbonyl (C=O) groups excluding carboxylic acids is 1. The van der Waals surface area contributed by atoms with Gasteiger partial charge in [-0.1, -0.05) is 20.8 Å². The van der Waals surface area contributed by atoms with Gasteiger partial charge in [-0.2, -0.15) is 0 Å². The van der Waals surface area contributed by atoms with E-state index in [1.165, 1.54) is 7.11 Å². The van der Waals surface area contributed by atoms with Gasteiger partial charge in [0.2, 0.25) is 0 Å². The van der Waals surface area contributed by atoms with Crippen molar-refractivity contribution in [2.75, 3.05) is 33.3 Å².